The summed E-state index contributed by atoms with van der Waals surface area (Å²) in [7, 11) is 0. The van der Waals surface area contributed by atoms with E-state index in [0.717, 1.165) is 15.7 Å². The zero-order chi connectivity index (χ0) is 16.6. The maximum absolute atomic E-state index is 11.9. The van der Waals surface area contributed by atoms with Gasteiger partial charge >= 0.3 is 0 Å². The van der Waals surface area contributed by atoms with E-state index in [4.69, 9.17) is 4.42 Å². The van der Waals surface area contributed by atoms with E-state index in [1.54, 1.807) is 6.26 Å². The fraction of sp³-hybridized carbons (Fsp3) is 0.188. The van der Waals surface area contributed by atoms with Crippen LogP contribution in [-0.2, 0) is 17.9 Å². The average Bonchev–Trinajstić information content (AvgIpc) is 3.29. The second-order valence-corrected chi connectivity index (χ2v) is 7.06. The highest BCUT2D eigenvalue weighted by Crippen LogP contribution is 2.25. The van der Waals surface area contributed by atoms with E-state index in [0.29, 0.717) is 24.0 Å². The van der Waals surface area contributed by atoms with Crippen LogP contribution in [0, 0.1) is 0 Å². The minimum Gasteiger partial charge on any atom is -0.467 e. The Morgan fingerprint density at radius 2 is 2.00 bits per heavy atom. The molecule has 0 aliphatic carbocycles. The molecule has 1 aromatic carbocycles. The monoisotopic (exact) mass is 360 g/mol. The van der Waals surface area contributed by atoms with Gasteiger partial charge in [-0.25, -0.2) is 0 Å². The van der Waals surface area contributed by atoms with E-state index in [1.165, 1.54) is 23.1 Å². The van der Waals surface area contributed by atoms with Gasteiger partial charge in [0.05, 0.1) is 18.6 Å². The Balaban J connectivity index is 1.39. The number of thioether (sulfide) groups is 1. The summed E-state index contributed by atoms with van der Waals surface area (Å²) >= 11 is 2.80. The van der Waals surface area contributed by atoms with Gasteiger partial charge in [-0.05, 0) is 17.7 Å². The van der Waals surface area contributed by atoms with Gasteiger partial charge in [-0.2, -0.15) is 0 Å². The molecule has 0 saturated carbocycles. The van der Waals surface area contributed by atoms with Crippen LogP contribution in [0.2, 0.25) is 0 Å². The highest BCUT2D eigenvalue weighted by atomic mass is 32.2. The summed E-state index contributed by atoms with van der Waals surface area (Å²) < 4.78 is 6.00. The number of rotatable bonds is 8. The maximum Gasteiger partial charge on any atom is 0.230 e. The van der Waals surface area contributed by atoms with E-state index in [2.05, 4.69) is 20.8 Å². The molecular weight excluding hydrogens is 344 g/mol. The molecule has 0 aliphatic rings. The molecule has 3 rings (SSSR count). The van der Waals surface area contributed by atoms with E-state index in [9.17, 15) is 4.79 Å². The predicted octanol–water partition coefficient (Wildman–Crippen LogP) is 3.15. The van der Waals surface area contributed by atoms with Gasteiger partial charge in [0.2, 0.25) is 11.0 Å². The molecule has 0 spiro atoms. The third-order valence-electron chi connectivity index (χ3n) is 3.06. The van der Waals surface area contributed by atoms with Gasteiger partial charge in [-0.15, -0.1) is 10.2 Å². The van der Waals surface area contributed by atoms with E-state index < -0.39 is 0 Å². The summed E-state index contributed by atoms with van der Waals surface area (Å²) in [4.78, 5) is 11.9. The molecular formula is C16H16N4O2S2. The van der Waals surface area contributed by atoms with Crippen molar-refractivity contribution in [1.82, 2.24) is 15.5 Å². The van der Waals surface area contributed by atoms with Gasteiger partial charge < -0.3 is 15.1 Å². The molecule has 8 heteroatoms. The van der Waals surface area contributed by atoms with Crippen molar-refractivity contribution in [3.63, 3.8) is 0 Å². The summed E-state index contributed by atoms with van der Waals surface area (Å²) in [5, 5.41) is 14.8. The zero-order valence-corrected chi connectivity index (χ0v) is 14.4. The Kier molecular flexibility index (Phi) is 5.86. The summed E-state index contributed by atoms with van der Waals surface area (Å²) in [6, 6.07) is 13.6. The van der Waals surface area contributed by atoms with Crippen LogP contribution < -0.4 is 10.6 Å². The first kappa shape index (κ1) is 16.5. The van der Waals surface area contributed by atoms with Crippen molar-refractivity contribution >= 4 is 34.1 Å². The number of amides is 1. The molecule has 0 bridgehead atoms. The molecule has 24 heavy (non-hydrogen) atoms. The lowest BCUT2D eigenvalue weighted by atomic mass is 10.2. The van der Waals surface area contributed by atoms with Crippen LogP contribution in [-0.4, -0.2) is 21.9 Å². The fourth-order valence-corrected chi connectivity index (χ4v) is 3.47. The van der Waals surface area contributed by atoms with Gasteiger partial charge in [-0.1, -0.05) is 53.4 Å². The number of nitrogens with one attached hydrogen (secondary N) is 2. The molecule has 2 aromatic heterocycles. The molecule has 6 nitrogen and oxygen atoms in total. The lowest BCUT2D eigenvalue weighted by Crippen LogP contribution is -2.24. The molecule has 0 radical (unpaired) electrons. The third-order valence-corrected chi connectivity index (χ3v) is 5.07. The van der Waals surface area contributed by atoms with Crippen molar-refractivity contribution in [2.75, 3.05) is 11.1 Å². The van der Waals surface area contributed by atoms with Gasteiger partial charge in [0.25, 0.3) is 0 Å². The maximum atomic E-state index is 11.9. The largest absolute Gasteiger partial charge is 0.467 e. The summed E-state index contributed by atoms with van der Waals surface area (Å²) in [6.07, 6.45) is 1.63. The van der Waals surface area contributed by atoms with Gasteiger partial charge in [0, 0.05) is 6.54 Å². The Morgan fingerprint density at radius 3 is 2.79 bits per heavy atom. The molecule has 3 aromatic rings. The third kappa shape index (κ3) is 5.10. The summed E-state index contributed by atoms with van der Waals surface area (Å²) in [6.45, 7) is 1.09. The SMILES string of the molecule is O=C(CSc1nnc(NCc2ccco2)s1)NCc1ccccc1. The Labute approximate surface area is 147 Å². The van der Waals surface area contributed by atoms with Crippen molar-refractivity contribution in [1.29, 1.82) is 0 Å². The molecule has 0 unspecified atom stereocenters. The average molecular weight is 360 g/mol. The molecule has 2 heterocycles. The smallest absolute Gasteiger partial charge is 0.230 e. The van der Waals surface area contributed by atoms with Crippen LogP contribution in [0.4, 0.5) is 5.13 Å². The normalized spacial score (nSPS) is 10.5. The van der Waals surface area contributed by atoms with Crippen LogP contribution in [0.1, 0.15) is 11.3 Å². The first-order valence-corrected chi connectivity index (χ1v) is 9.13. The minimum atomic E-state index is -0.0239. The Morgan fingerprint density at radius 1 is 1.12 bits per heavy atom. The van der Waals surface area contributed by atoms with Crippen molar-refractivity contribution in [3.8, 4) is 0 Å². The number of anilines is 1. The molecule has 0 fully saturated rings. The molecule has 1 amide bonds. The lowest BCUT2D eigenvalue weighted by Gasteiger charge is -2.03. The van der Waals surface area contributed by atoms with E-state index >= 15 is 0 Å². The first-order valence-electron chi connectivity index (χ1n) is 7.33. The van der Waals surface area contributed by atoms with E-state index in [1.807, 2.05) is 42.5 Å². The number of carbonyl (C=O) groups excluding carboxylic acids is 1. The Bertz CT molecular complexity index is 760. The summed E-state index contributed by atoms with van der Waals surface area (Å²) in [5.41, 5.74) is 1.08. The Hall–Kier alpha value is -2.32. The summed E-state index contributed by atoms with van der Waals surface area (Å²) in [5.74, 6) is 1.13. The van der Waals surface area contributed by atoms with Crippen LogP contribution in [0.15, 0.2) is 57.5 Å². The van der Waals surface area contributed by atoms with Crippen LogP contribution in [0.3, 0.4) is 0 Å². The second kappa shape index (κ2) is 8.51. The van der Waals surface area contributed by atoms with Crippen LogP contribution in [0.25, 0.3) is 0 Å². The van der Waals surface area contributed by atoms with Crippen molar-refractivity contribution < 1.29 is 9.21 Å². The molecule has 2 N–H and O–H groups in total. The highest BCUT2D eigenvalue weighted by molar-refractivity contribution is 8.01. The molecule has 0 aliphatic heterocycles. The molecule has 124 valence electrons. The zero-order valence-electron chi connectivity index (χ0n) is 12.8. The van der Waals surface area contributed by atoms with Crippen molar-refractivity contribution in [2.45, 2.75) is 17.4 Å². The second-order valence-electron chi connectivity index (χ2n) is 4.86. The van der Waals surface area contributed by atoms with E-state index in [-0.39, 0.29) is 5.91 Å². The van der Waals surface area contributed by atoms with Crippen LogP contribution >= 0.6 is 23.1 Å². The van der Waals surface area contributed by atoms with Gasteiger partial charge in [0.15, 0.2) is 4.34 Å². The van der Waals surface area contributed by atoms with Crippen molar-refractivity contribution in [2.24, 2.45) is 0 Å². The van der Waals surface area contributed by atoms with Gasteiger partial charge in [-0.3, -0.25) is 4.79 Å². The fourth-order valence-electron chi connectivity index (χ4n) is 1.89. The van der Waals surface area contributed by atoms with Crippen molar-refractivity contribution in [3.05, 3.63) is 60.1 Å². The number of benzene rings is 1. The van der Waals surface area contributed by atoms with Gasteiger partial charge in [0.1, 0.15) is 5.76 Å². The number of nitrogens with zero attached hydrogens (tertiary/aromatic N) is 2. The number of aromatic nitrogens is 2. The quantitative estimate of drug-likeness (QED) is 0.601. The lowest BCUT2D eigenvalue weighted by molar-refractivity contribution is -0.118. The number of furan rings is 1. The highest BCUT2D eigenvalue weighted by Gasteiger charge is 2.08. The predicted molar refractivity (Wildman–Crippen MR) is 95.0 cm³/mol. The first-order chi connectivity index (χ1) is 11.8. The molecule has 0 saturated heterocycles. The number of carbonyl (C=O) groups is 1. The standard InChI is InChI=1S/C16H16N4O2S2/c21-14(17-9-12-5-2-1-3-6-12)11-23-16-20-19-15(24-16)18-10-13-7-4-8-22-13/h1-8H,9-11H2,(H,17,21)(H,18,19). The minimum absolute atomic E-state index is 0.0239. The van der Waals surface area contributed by atoms with Crippen LogP contribution in [0.5, 0.6) is 0 Å². The number of hydrogen-bond donors (Lipinski definition) is 2. The number of hydrogen-bond acceptors (Lipinski definition) is 7. The topological polar surface area (TPSA) is 80.1 Å². The molecule has 0 atom stereocenters.